The highest BCUT2D eigenvalue weighted by molar-refractivity contribution is 6.26. The summed E-state index contributed by atoms with van der Waals surface area (Å²) in [5.74, 6) is 3.34. The zero-order valence-electron chi connectivity index (χ0n) is 67.0. The van der Waals surface area contributed by atoms with Gasteiger partial charge in [0, 0.05) is 65.3 Å². The van der Waals surface area contributed by atoms with Crippen LogP contribution in [0.3, 0.4) is 0 Å². The van der Waals surface area contributed by atoms with Gasteiger partial charge in [-0.15, -0.1) is 0 Å². The van der Waals surface area contributed by atoms with Gasteiger partial charge in [-0.25, -0.2) is 9.97 Å². The highest BCUT2D eigenvalue weighted by Crippen LogP contribution is 2.48. The highest BCUT2D eigenvalue weighted by Gasteiger charge is 2.28. The molecule has 18 aromatic carbocycles. The number of rotatable bonds is 14. The minimum Gasteiger partial charge on any atom is -0.454 e. The second-order valence-electron chi connectivity index (χ2n) is 31.2. The predicted octanol–water partition coefficient (Wildman–Crippen LogP) is 29.7. The summed E-state index contributed by atoms with van der Waals surface area (Å²) in [4.78, 5) is 31.7. The van der Waals surface area contributed by atoms with Crippen molar-refractivity contribution in [3.05, 3.63) is 437 Å². The molecule has 0 unspecified atom stereocenters. The molecular formula is C114H72N8O2. The molecule has 0 spiro atoms. The zero-order valence-corrected chi connectivity index (χ0v) is 67.0. The summed E-state index contributed by atoms with van der Waals surface area (Å²) in [5, 5.41) is 8.46. The van der Waals surface area contributed by atoms with Crippen molar-refractivity contribution in [1.29, 1.82) is 0 Å². The molecule has 0 atom stereocenters. The Labute approximate surface area is 713 Å². The van der Waals surface area contributed by atoms with Gasteiger partial charge in [-0.05, 0) is 144 Å². The molecule has 0 saturated carbocycles. The molecule has 0 saturated heterocycles. The Kier molecular flexibility index (Phi) is 18.0. The van der Waals surface area contributed by atoms with Crippen molar-refractivity contribution in [3.63, 3.8) is 0 Å². The van der Waals surface area contributed by atoms with E-state index in [1.54, 1.807) is 0 Å². The molecule has 0 N–H and O–H groups in total. The second kappa shape index (κ2) is 30.8. The summed E-state index contributed by atoms with van der Waals surface area (Å²) in [6.07, 6.45) is 0. The lowest BCUT2D eigenvalue weighted by atomic mass is 9.94. The third kappa shape index (κ3) is 13.1. The molecule has 0 amide bonds. The van der Waals surface area contributed by atoms with Crippen molar-refractivity contribution >= 4 is 87.5 Å². The van der Waals surface area contributed by atoms with Crippen LogP contribution in [0.1, 0.15) is 0 Å². The van der Waals surface area contributed by atoms with Crippen molar-refractivity contribution < 1.29 is 8.83 Å². The largest absolute Gasteiger partial charge is 0.454 e. The Morgan fingerprint density at radius 1 is 0.169 bits per heavy atom. The van der Waals surface area contributed by atoms with E-state index in [0.717, 1.165) is 199 Å². The van der Waals surface area contributed by atoms with Crippen molar-refractivity contribution in [3.8, 4) is 146 Å². The van der Waals surface area contributed by atoms with Crippen LogP contribution in [-0.4, -0.2) is 39.0 Å². The first-order valence-electron chi connectivity index (χ1n) is 41.7. The van der Waals surface area contributed by atoms with Gasteiger partial charge in [0.2, 0.25) is 11.9 Å². The molecule has 0 aliphatic carbocycles. The maximum Gasteiger partial charge on any atom is 0.238 e. The molecule has 580 valence electrons. The number of fused-ring (bicyclic) bond motifs is 14. The van der Waals surface area contributed by atoms with Crippen LogP contribution in [-0.2, 0) is 0 Å². The van der Waals surface area contributed by atoms with Gasteiger partial charge in [0.1, 0.15) is 22.2 Å². The Balaban J connectivity index is 0.000000143. The Hall–Kier alpha value is -16.8. The summed E-state index contributed by atoms with van der Waals surface area (Å²) >= 11 is 0. The minimum absolute atomic E-state index is 0.509. The molecule has 0 aliphatic rings. The lowest BCUT2D eigenvalue weighted by Crippen LogP contribution is -2.06. The van der Waals surface area contributed by atoms with Gasteiger partial charge in [-0.3, -0.25) is 9.13 Å². The maximum absolute atomic E-state index is 7.14. The van der Waals surface area contributed by atoms with Crippen molar-refractivity contribution in [1.82, 2.24) is 39.0 Å². The second-order valence-corrected chi connectivity index (χ2v) is 31.2. The van der Waals surface area contributed by atoms with Gasteiger partial charge >= 0.3 is 0 Å². The van der Waals surface area contributed by atoms with E-state index in [2.05, 4.69) is 422 Å². The van der Waals surface area contributed by atoms with Crippen molar-refractivity contribution in [2.75, 3.05) is 0 Å². The van der Waals surface area contributed by atoms with E-state index in [1.807, 2.05) is 24.3 Å². The van der Waals surface area contributed by atoms with Crippen LogP contribution in [0.25, 0.3) is 234 Å². The van der Waals surface area contributed by atoms with E-state index >= 15 is 0 Å². The molecule has 0 radical (unpaired) electrons. The van der Waals surface area contributed by atoms with Crippen LogP contribution in [0.15, 0.2) is 446 Å². The molecule has 0 aliphatic heterocycles. The summed E-state index contributed by atoms with van der Waals surface area (Å²) in [7, 11) is 0. The zero-order chi connectivity index (χ0) is 82.0. The van der Waals surface area contributed by atoms with Gasteiger partial charge in [-0.2, -0.15) is 19.9 Å². The van der Waals surface area contributed by atoms with Crippen molar-refractivity contribution in [2.24, 2.45) is 0 Å². The molecular weight excluding hydrogens is 1510 g/mol. The molecule has 0 bridgehead atoms. The van der Waals surface area contributed by atoms with Crippen LogP contribution >= 0.6 is 0 Å². The van der Waals surface area contributed by atoms with Crippen LogP contribution in [0.5, 0.6) is 0 Å². The third-order valence-corrected chi connectivity index (χ3v) is 23.8. The highest BCUT2D eigenvalue weighted by atomic mass is 16.3. The first kappa shape index (κ1) is 72.4. The van der Waals surface area contributed by atoms with E-state index in [4.69, 9.17) is 38.7 Å². The lowest BCUT2D eigenvalue weighted by molar-refractivity contribution is 0.670. The minimum atomic E-state index is 0.509. The number of furan rings is 2. The number of para-hydroxylation sites is 2. The van der Waals surface area contributed by atoms with Gasteiger partial charge < -0.3 is 8.83 Å². The Morgan fingerprint density at radius 3 is 0.774 bits per heavy atom. The van der Waals surface area contributed by atoms with Crippen LogP contribution in [0.4, 0.5) is 0 Å². The van der Waals surface area contributed by atoms with E-state index in [0.29, 0.717) is 35.2 Å². The number of benzene rings is 18. The molecule has 10 nitrogen and oxygen atoms in total. The monoisotopic (exact) mass is 1580 g/mol. The normalized spacial score (nSPS) is 11.5. The lowest BCUT2D eigenvalue weighted by Gasteiger charge is -2.12. The quantitative estimate of drug-likeness (QED) is 0.106. The third-order valence-electron chi connectivity index (χ3n) is 23.8. The van der Waals surface area contributed by atoms with E-state index in [-0.39, 0.29) is 0 Å². The van der Waals surface area contributed by atoms with E-state index in [1.165, 1.54) is 0 Å². The number of hydrogen-bond donors (Lipinski definition) is 0. The summed E-state index contributed by atoms with van der Waals surface area (Å²) in [5.41, 5.74) is 28.5. The first-order valence-corrected chi connectivity index (χ1v) is 41.7. The van der Waals surface area contributed by atoms with Gasteiger partial charge in [0.25, 0.3) is 0 Å². The van der Waals surface area contributed by atoms with Crippen molar-refractivity contribution in [2.45, 2.75) is 0 Å². The smallest absolute Gasteiger partial charge is 0.238 e. The average molecular weight is 1590 g/mol. The van der Waals surface area contributed by atoms with Gasteiger partial charge in [0.15, 0.2) is 34.5 Å². The molecule has 6 aromatic heterocycles. The number of hydrogen-bond acceptors (Lipinski definition) is 8. The summed E-state index contributed by atoms with van der Waals surface area (Å²) in [6.45, 7) is 0. The number of nitrogens with zero attached hydrogens (tertiary/aromatic N) is 8. The Morgan fingerprint density at radius 2 is 0.427 bits per heavy atom. The molecule has 0 fully saturated rings. The Bertz CT molecular complexity index is 8040. The molecule has 24 aromatic rings. The standard InChI is InChI=1S/2C57H36N4O/c1-5-16-37(17-6-1)40-28-30-42(31-29-40)55-58-56(44-25-15-24-43(34-44)38-18-7-2-8-19-38)60-57(59-55)61-50-27-14-13-26-46(50)47-32-33-48-52-49(41-22-11-4-12-23-41)35-45(39-20-9-3-10-21-39)36-51(52)62-54(48)53(47)61;1-5-15-37(16-6-1)40-25-29-43(30-26-40)55-58-56(44-31-27-41(28-32-44)38-17-7-2-8-18-38)60-57(59-55)61-50-24-14-13-23-46(50)47-33-34-48-52-49(42-21-11-4-12-22-42)35-45(39-19-9-3-10-20-39)36-51(52)62-54(48)53(47)61/h2*1-36H. The number of aromatic nitrogens is 8. The average Bonchev–Trinajstić information content (AvgIpc) is 1.56. The molecule has 24 rings (SSSR count). The van der Waals surface area contributed by atoms with Crippen LogP contribution in [0, 0.1) is 0 Å². The fourth-order valence-electron chi connectivity index (χ4n) is 17.8. The molecule has 124 heavy (non-hydrogen) atoms. The fourth-order valence-corrected chi connectivity index (χ4v) is 17.8. The van der Waals surface area contributed by atoms with E-state index in [9.17, 15) is 0 Å². The SMILES string of the molecule is c1ccc(-c2ccc(-c3nc(-c4ccc(-c5ccccc5)cc4)nc(-n4c5ccccc5c5ccc6c(oc7cc(-c8ccccc8)cc(-c8ccccc8)c76)c54)n3)cc2)cc1.c1ccc(-c2ccc(-c3nc(-c4cccc(-c5ccccc5)c4)nc(-n4c5ccccc5c5ccc6c(oc7cc(-c8ccccc8)cc(-c8ccccc8)c76)c54)n3)cc2)cc1. The molecule has 6 heterocycles. The summed E-state index contributed by atoms with van der Waals surface area (Å²) < 4.78 is 18.6. The maximum atomic E-state index is 7.14. The van der Waals surface area contributed by atoms with Gasteiger partial charge in [0.05, 0.1) is 11.0 Å². The van der Waals surface area contributed by atoms with Crippen LogP contribution in [0.2, 0.25) is 0 Å². The topological polar surface area (TPSA) is 113 Å². The molecule has 10 heteroatoms. The fraction of sp³-hybridized carbons (Fsp3) is 0. The van der Waals surface area contributed by atoms with Crippen LogP contribution < -0.4 is 0 Å². The van der Waals surface area contributed by atoms with Gasteiger partial charge in [-0.1, -0.05) is 382 Å². The summed E-state index contributed by atoms with van der Waals surface area (Å²) in [6, 6.07) is 152. The predicted molar refractivity (Wildman–Crippen MR) is 508 cm³/mol. The first-order chi connectivity index (χ1) is 61.5. The van der Waals surface area contributed by atoms with E-state index < -0.39 is 0 Å².